The topological polar surface area (TPSA) is 98.1 Å². The van der Waals surface area contributed by atoms with Gasteiger partial charge in [0.15, 0.2) is 22.1 Å². The van der Waals surface area contributed by atoms with E-state index in [9.17, 15) is 4.79 Å². The van der Waals surface area contributed by atoms with Crippen LogP contribution in [0.15, 0.2) is 24.5 Å². The van der Waals surface area contributed by atoms with Crippen LogP contribution >= 0.6 is 11.3 Å². The van der Waals surface area contributed by atoms with Crippen molar-refractivity contribution in [1.82, 2.24) is 24.5 Å². The van der Waals surface area contributed by atoms with Gasteiger partial charge in [0.05, 0.1) is 22.7 Å². The maximum Gasteiger partial charge on any atom is 0.231 e. The quantitative estimate of drug-likeness (QED) is 0.441. The number of aromatic nitrogens is 5. The minimum Gasteiger partial charge on any atom is -0.494 e. The lowest BCUT2D eigenvalue weighted by molar-refractivity contribution is -0.120. The molecule has 0 aliphatic carbocycles. The van der Waals surface area contributed by atoms with Gasteiger partial charge in [0.2, 0.25) is 5.91 Å². The van der Waals surface area contributed by atoms with Crippen LogP contribution in [0, 0.1) is 5.92 Å². The number of nitrogens with zero attached hydrogens (tertiary/aromatic N) is 6. The van der Waals surface area contributed by atoms with E-state index in [1.54, 1.807) is 6.33 Å². The third kappa shape index (κ3) is 4.31. The normalized spacial score (nSPS) is 18.4. The molecule has 10 heteroatoms. The van der Waals surface area contributed by atoms with Crippen LogP contribution in [0.2, 0.25) is 0 Å². The summed E-state index contributed by atoms with van der Waals surface area (Å²) in [6.07, 6.45) is 7.94. The molecule has 1 amide bonds. The van der Waals surface area contributed by atoms with Crippen LogP contribution in [0.1, 0.15) is 44.9 Å². The molecule has 2 aliphatic rings. The van der Waals surface area contributed by atoms with E-state index in [1.807, 2.05) is 25.1 Å². The Morgan fingerprint density at radius 1 is 1.17 bits per heavy atom. The molecular formula is C25H29N7O2S. The number of ether oxygens (including phenoxy) is 1. The Kier molecular flexibility index (Phi) is 5.97. The van der Waals surface area contributed by atoms with Gasteiger partial charge < -0.3 is 19.5 Å². The third-order valence-electron chi connectivity index (χ3n) is 6.87. The molecule has 6 rings (SSSR count). The van der Waals surface area contributed by atoms with E-state index in [-0.39, 0.29) is 11.8 Å². The van der Waals surface area contributed by atoms with Gasteiger partial charge in [-0.3, -0.25) is 4.79 Å². The highest BCUT2D eigenvalue weighted by atomic mass is 32.1. The molecule has 5 heterocycles. The van der Waals surface area contributed by atoms with Crippen molar-refractivity contribution in [2.24, 2.45) is 5.92 Å². The second-order valence-corrected chi connectivity index (χ2v) is 10.2. The highest BCUT2D eigenvalue weighted by Crippen LogP contribution is 2.32. The minimum absolute atomic E-state index is 0.00436. The molecular weight excluding hydrogens is 462 g/mol. The molecule has 1 aromatic carbocycles. The number of amides is 1. The first-order valence-electron chi connectivity index (χ1n) is 12.5. The lowest BCUT2D eigenvalue weighted by Gasteiger charge is -2.32. The monoisotopic (exact) mass is 491 g/mol. The summed E-state index contributed by atoms with van der Waals surface area (Å²) in [5, 5.41) is 3.68. The first-order valence-corrected chi connectivity index (χ1v) is 13.3. The number of fused-ring (bicyclic) bond motifs is 4. The molecule has 1 saturated heterocycles. The number of rotatable bonds is 5. The summed E-state index contributed by atoms with van der Waals surface area (Å²) in [4.78, 5) is 34.1. The SMILES string of the molecule is CCOc1ccc2nc(NC(=O)[C@@H]3CCCN(c4ncnc5c4nc4n5CCCCC4)C3)sc2c1. The molecule has 1 N–H and O–H groups in total. The average Bonchev–Trinajstić information content (AvgIpc) is 3.35. The van der Waals surface area contributed by atoms with E-state index in [2.05, 4.69) is 29.7 Å². The number of carbonyl (C=O) groups is 1. The minimum atomic E-state index is -0.139. The Bertz CT molecular complexity index is 1380. The van der Waals surface area contributed by atoms with Crippen LogP contribution in [0.3, 0.4) is 0 Å². The maximum atomic E-state index is 13.2. The highest BCUT2D eigenvalue weighted by Gasteiger charge is 2.29. The molecule has 4 aromatic rings. The Balaban J connectivity index is 1.20. The summed E-state index contributed by atoms with van der Waals surface area (Å²) in [5.41, 5.74) is 2.64. The molecule has 1 atom stereocenters. The van der Waals surface area contributed by atoms with Crippen molar-refractivity contribution in [3.8, 4) is 5.75 Å². The van der Waals surface area contributed by atoms with Crippen LogP contribution in [-0.4, -0.2) is 50.1 Å². The second kappa shape index (κ2) is 9.41. The molecule has 9 nitrogen and oxygen atoms in total. The molecule has 0 saturated carbocycles. The summed E-state index contributed by atoms with van der Waals surface area (Å²) >= 11 is 1.48. The van der Waals surface area contributed by atoms with E-state index in [0.717, 1.165) is 84.0 Å². The summed E-state index contributed by atoms with van der Waals surface area (Å²) in [7, 11) is 0. The maximum absolute atomic E-state index is 13.2. The Morgan fingerprint density at radius 2 is 2.11 bits per heavy atom. The van der Waals surface area contributed by atoms with Gasteiger partial charge in [-0.25, -0.2) is 19.9 Å². The van der Waals surface area contributed by atoms with E-state index in [1.165, 1.54) is 17.8 Å². The Hall–Kier alpha value is -3.27. The standard InChI is InChI=1S/C25H29N7O2S/c1-2-34-17-9-10-18-19(13-17)35-25(28-18)30-24(33)16-7-6-11-31(14-16)22-21-23(27-15-26-22)32-12-5-3-4-8-20(32)29-21/h9-10,13,15-16H,2-8,11-12,14H2,1H3,(H,28,30,33)/t16-/m1/s1. The highest BCUT2D eigenvalue weighted by molar-refractivity contribution is 7.22. The smallest absolute Gasteiger partial charge is 0.231 e. The number of hydrogen-bond acceptors (Lipinski definition) is 8. The van der Waals surface area contributed by atoms with E-state index in [0.29, 0.717) is 18.3 Å². The van der Waals surface area contributed by atoms with Crippen LogP contribution in [0.5, 0.6) is 5.75 Å². The van der Waals surface area contributed by atoms with Gasteiger partial charge in [-0.05, 0) is 50.8 Å². The molecule has 3 aromatic heterocycles. The lowest BCUT2D eigenvalue weighted by Crippen LogP contribution is -2.41. The van der Waals surface area contributed by atoms with Crippen molar-refractivity contribution in [2.75, 3.05) is 29.9 Å². The first kappa shape index (κ1) is 22.2. The number of anilines is 2. The molecule has 35 heavy (non-hydrogen) atoms. The Labute approximate surface area is 207 Å². The fourth-order valence-electron chi connectivity index (χ4n) is 5.16. The number of nitrogens with one attached hydrogen (secondary N) is 1. The second-order valence-electron chi connectivity index (χ2n) is 9.22. The number of aryl methyl sites for hydroxylation is 2. The van der Waals surface area contributed by atoms with Crippen LogP contribution < -0.4 is 15.0 Å². The summed E-state index contributed by atoms with van der Waals surface area (Å²) in [6, 6.07) is 5.82. The number of thiazole rings is 1. The zero-order valence-corrected chi connectivity index (χ0v) is 20.7. The molecule has 1 fully saturated rings. The van der Waals surface area contributed by atoms with Crippen LogP contribution in [0.4, 0.5) is 10.9 Å². The number of carbonyl (C=O) groups excluding carboxylic acids is 1. The fourth-order valence-corrected chi connectivity index (χ4v) is 6.06. The third-order valence-corrected chi connectivity index (χ3v) is 7.80. The van der Waals surface area contributed by atoms with Gasteiger partial charge in [-0.1, -0.05) is 17.8 Å². The predicted octanol–water partition coefficient (Wildman–Crippen LogP) is 4.42. The predicted molar refractivity (Wildman–Crippen MR) is 137 cm³/mol. The van der Waals surface area contributed by atoms with E-state index in [4.69, 9.17) is 9.72 Å². The fraction of sp³-hybridized carbons (Fsp3) is 0.480. The zero-order chi connectivity index (χ0) is 23.8. The molecule has 2 aliphatic heterocycles. The molecule has 0 bridgehead atoms. The van der Waals surface area contributed by atoms with Crippen molar-refractivity contribution in [2.45, 2.75) is 52.0 Å². The van der Waals surface area contributed by atoms with Crippen molar-refractivity contribution >= 4 is 49.6 Å². The van der Waals surface area contributed by atoms with Crippen molar-refractivity contribution in [3.63, 3.8) is 0 Å². The van der Waals surface area contributed by atoms with Gasteiger partial charge in [-0.15, -0.1) is 0 Å². The van der Waals surface area contributed by atoms with Gasteiger partial charge in [0, 0.05) is 26.1 Å². The average molecular weight is 492 g/mol. The van der Waals surface area contributed by atoms with Crippen LogP contribution in [-0.2, 0) is 17.8 Å². The van der Waals surface area contributed by atoms with Crippen molar-refractivity contribution < 1.29 is 9.53 Å². The first-order chi connectivity index (χ1) is 17.2. The summed E-state index contributed by atoms with van der Waals surface area (Å²) < 4.78 is 8.84. The number of imidazole rings is 1. The number of hydrogen-bond donors (Lipinski definition) is 1. The Morgan fingerprint density at radius 3 is 3.03 bits per heavy atom. The van der Waals surface area contributed by atoms with E-state index >= 15 is 0 Å². The lowest BCUT2D eigenvalue weighted by atomic mass is 9.97. The summed E-state index contributed by atoms with van der Waals surface area (Å²) in [5.74, 6) is 2.63. The molecule has 182 valence electrons. The van der Waals surface area contributed by atoms with Gasteiger partial charge in [0.25, 0.3) is 0 Å². The van der Waals surface area contributed by atoms with Crippen LogP contribution in [0.25, 0.3) is 21.4 Å². The largest absolute Gasteiger partial charge is 0.494 e. The number of piperidine rings is 1. The van der Waals surface area contributed by atoms with Gasteiger partial charge in [-0.2, -0.15) is 0 Å². The zero-order valence-electron chi connectivity index (χ0n) is 19.9. The summed E-state index contributed by atoms with van der Waals surface area (Å²) in [6.45, 7) is 5.01. The number of benzene rings is 1. The van der Waals surface area contributed by atoms with Crippen molar-refractivity contribution in [3.05, 3.63) is 30.4 Å². The molecule has 0 spiro atoms. The van der Waals surface area contributed by atoms with Gasteiger partial charge in [0.1, 0.15) is 17.9 Å². The van der Waals surface area contributed by atoms with Gasteiger partial charge >= 0.3 is 0 Å². The van der Waals surface area contributed by atoms with E-state index < -0.39 is 0 Å². The molecule has 0 radical (unpaired) electrons. The van der Waals surface area contributed by atoms with Crippen molar-refractivity contribution in [1.29, 1.82) is 0 Å². The molecule has 0 unspecified atom stereocenters.